The fraction of sp³-hybridized carbons (Fsp3) is 1.00. The molecule has 0 aromatic rings. The molecule has 0 aliphatic carbocycles. The summed E-state index contributed by atoms with van der Waals surface area (Å²) in [6, 6.07) is 0. The molecule has 2 aliphatic rings. The van der Waals surface area contributed by atoms with Crippen molar-refractivity contribution in [3.63, 3.8) is 0 Å². The van der Waals surface area contributed by atoms with Gasteiger partial charge in [-0.15, -0.1) is 0 Å². The summed E-state index contributed by atoms with van der Waals surface area (Å²) in [6.07, 6.45) is -5.58. The van der Waals surface area contributed by atoms with Crippen LogP contribution in [0.15, 0.2) is 0 Å². The summed E-state index contributed by atoms with van der Waals surface area (Å²) < 4.78 is 43.6. The molecular weight excluding hydrogens is 359 g/mol. The van der Waals surface area contributed by atoms with Gasteiger partial charge in [0, 0.05) is 14.2 Å². The van der Waals surface area contributed by atoms with E-state index in [0.29, 0.717) is 0 Å². The van der Waals surface area contributed by atoms with E-state index in [9.17, 15) is 19.7 Å². The Morgan fingerprint density at radius 1 is 1.00 bits per heavy atom. The van der Waals surface area contributed by atoms with Crippen molar-refractivity contribution >= 4 is 7.82 Å². The Bertz CT molecular complexity index is 477. The predicted molar refractivity (Wildman–Crippen MR) is 84.0 cm³/mol. The van der Waals surface area contributed by atoms with Gasteiger partial charge in [-0.3, -0.25) is 9.05 Å². The zero-order valence-electron chi connectivity index (χ0n) is 14.7. The van der Waals surface area contributed by atoms with Gasteiger partial charge in [0.1, 0.15) is 36.6 Å². The number of hydrogen-bond donors (Lipinski definition) is 3. The number of aliphatic hydroxyl groups is 2. The van der Waals surface area contributed by atoms with E-state index in [1.54, 1.807) is 13.8 Å². The highest BCUT2D eigenvalue weighted by Gasteiger charge is 2.48. The largest absolute Gasteiger partial charge is 0.472 e. The molecule has 0 radical (unpaired) electrons. The van der Waals surface area contributed by atoms with Gasteiger partial charge >= 0.3 is 7.82 Å². The first-order valence-electron chi connectivity index (χ1n) is 8.05. The Hall–Kier alpha value is -0.130. The zero-order valence-corrected chi connectivity index (χ0v) is 15.6. The molecule has 2 rings (SSSR count). The van der Waals surface area contributed by atoms with Crippen molar-refractivity contribution < 1.29 is 47.7 Å². The fourth-order valence-corrected chi connectivity index (χ4v) is 4.21. The third kappa shape index (κ3) is 4.78. The molecule has 3 unspecified atom stereocenters. The summed E-state index contributed by atoms with van der Waals surface area (Å²) >= 11 is 0. The minimum atomic E-state index is -4.50. The van der Waals surface area contributed by atoms with Gasteiger partial charge in [-0.2, -0.15) is 0 Å². The molecule has 2 saturated heterocycles. The Morgan fingerprint density at radius 3 is 2.08 bits per heavy atom. The van der Waals surface area contributed by atoms with Crippen LogP contribution in [0.5, 0.6) is 0 Å². The van der Waals surface area contributed by atoms with E-state index < -0.39 is 57.2 Å². The lowest BCUT2D eigenvalue weighted by molar-refractivity contribution is -0.0401. The van der Waals surface area contributed by atoms with Gasteiger partial charge in [0.15, 0.2) is 0 Å². The Morgan fingerprint density at radius 2 is 1.56 bits per heavy atom. The second kappa shape index (κ2) is 8.71. The maximum absolute atomic E-state index is 12.2. The van der Waals surface area contributed by atoms with Crippen molar-refractivity contribution in [2.45, 2.75) is 62.7 Å². The van der Waals surface area contributed by atoms with E-state index in [0.717, 1.165) is 0 Å². The number of hydrogen-bond acceptors (Lipinski definition) is 9. The Labute approximate surface area is 146 Å². The topological polar surface area (TPSA) is 133 Å². The van der Waals surface area contributed by atoms with Crippen LogP contribution in [0.4, 0.5) is 0 Å². The molecule has 0 bridgehead atoms. The van der Waals surface area contributed by atoms with E-state index in [2.05, 4.69) is 0 Å². The summed E-state index contributed by atoms with van der Waals surface area (Å²) in [5.41, 5.74) is 0. The highest BCUT2D eigenvalue weighted by molar-refractivity contribution is 7.47. The van der Waals surface area contributed by atoms with Gasteiger partial charge in [-0.25, -0.2) is 4.57 Å². The molecule has 0 aromatic carbocycles. The van der Waals surface area contributed by atoms with Crippen LogP contribution in [0.1, 0.15) is 13.8 Å². The average molecular weight is 386 g/mol. The number of rotatable bonds is 8. The third-order valence-corrected chi connectivity index (χ3v) is 5.48. The molecule has 3 N–H and O–H groups in total. The quantitative estimate of drug-likeness (QED) is 0.467. The minimum absolute atomic E-state index is 0.357. The van der Waals surface area contributed by atoms with Crippen LogP contribution in [0.2, 0.25) is 0 Å². The van der Waals surface area contributed by atoms with Crippen LogP contribution < -0.4 is 0 Å². The first kappa shape index (κ1) is 21.2. The number of phosphoric ester groups is 1. The zero-order chi connectivity index (χ0) is 18.8. The molecule has 2 heterocycles. The number of ether oxygens (including phenoxy) is 4. The second-order valence-electron chi connectivity index (χ2n) is 6.17. The summed E-state index contributed by atoms with van der Waals surface area (Å²) in [5.74, 6) is 0. The highest BCUT2D eigenvalue weighted by Crippen LogP contribution is 2.48. The molecule has 10 nitrogen and oxygen atoms in total. The first-order valence-corrected chi connectivity index (χ1v) is 9.54. The van der Waals surface area contributed by atoms with Gasteiger partial charge in [0.2, 0.25) is 0 Å². The van der Waals surface area contributed by atoms with Gasteiger partial charge in [0.25, 0.3) is 0 Å². The summed E-state index contributed by atoms with van der Waals surface area (Å²) in [5, 5.41) is 19.4. The van der Waals surface area contributed by atoms with Crippen LogP contribution in [-0.4, -0.2) is 91.4 Å². The van der Waals surface area contributed by atoms with Crippen LogP contribution in [0.3, 0.4) is 0 Å². The summed E-state index contributed by atoms with van der Waals surface area (Å²) in [7, 11) is -1.64. The van der Waals surface area contributed by atoms with Crippen molar-refractivity contribution in [1.29, 1.82) is 0 Å². The molecule has 2 aliphatic heterocycles. The van der Waals surface area contributed by atoms with Gasteiger partial charge < -0.3 is 34.1 Å². The lowest BCUT2D eigenvalue weighted by Crippen LogP contribution is -2.37. The monoisotopic (exact) mass is 386 g/mol. The van der Waals surface area contributed by atoms with Crippen molar-refractivity contribution in [3.8, 4) is 0 Å². The second-order valence-corrected chi connectivity index (χ2v) is 7.57. The third-order valence-electron chi connectivity index (χ3n) is 4.49. The van der Waals surface area contributed by atoms with Crippen molar-refractivity contribution in [2.24, 2.45) is 0 Å². The predicted octanol–water partition coefficient (Wildman–Crippen LogP) is -0.554. The maximum Gasteiger partial charge on any atom is 0.472 e. The molecule has 2 fully saturated rings. The maximum atomic E-state index is 12.2. The van der Waals surface area contributed by atoms with E-state index in [1.807, 2.05) is 0 Å². The Balaban J connectivity index is 1.94. The molecular formula is C14H27O10P. The smallest absolute Gasteiger partial charge is 0.394 e. The van der Waals surface area contributed by atoms with Crippen molar-refractivity contribution in [2.75, 3.05) is 27.4 Å². The average Bonchev–Trinajstić information content (AvgIpc) is 3.00. The lowest BCUT2D eigenvalue weighted by Gasteiger charge is -2.25. The standard InChI is InChI=1S/C14H27O10P/c1-7-12(19-3)11(16)10(23-7)6-21-25(17,18)24-14-9(5-15)22-8(2)13(14)20-4/h7-16H,5-6H2,1-4H3,(H,17,18)/t7-,8-,9+,10+,11?,12+,13+,14?/m0/s1. The molecule has 0 saturated carbocycles. The van der Waals surface area contributed by atoms with Crippen LogP contribution in [0, 0.1) is 0 Å². The lowest BCUT2D eigenvalue weighted by atomic mass is 10.1. The molecule has 25 heavy (non-hydrogen) atoms. The van der Waals surface area contributed by atoms with Crippen molar-refractivity contribution in [3.05, 3.63) is 0 Å². The minimum Gasteiger partial charge on any atom is -0.394 e. The normalized spacial score (nSPS) is 44.1. The summed E-state index contributed by atoms with van der Waals surface area (Å²) in [4.78, 5) is 9.97. The van der Waals surface area contributed by atoms with Crippen LogP contribution in [0.25, 0.3) is 0 Å². The van der Waals surface area contributed by atoms with E-state index in [1.165, 1.54) is 14.2 Å². The summed E-state index contributed by atoms with van der Waals surface area (Å²) in [6.45, 7) is 2.67. The number of phosphoric acid groups is 1. The van der Waals surface area contributed by atoms with Crippen molar-refractivity contribution in [1.82, 2.24) is 0 Å². The molecule has 0 aromatic heterocycles. The van der Waals surface area contributed by atoms with Crippen LogP contribution in [-0.2, 0) is 32.6 Å². The first-order chi connectivity index (χ1) is 11.7. The van der Waals surface area contributed by atoms with Gasteiger partial charge in [-0.1, -0.05) is 0 Å². The van der Waals surface area contributed by atoms with E-state index in [4.69, 9.17) is 28.0 Å². The number of aliphatic hydroxyl groups excluding tert-OH is 2. The molecule has 9 atom stereocenters. The molecule has 0 amide bonds. The van der Waals surface area contributed by atoms with Gasteiger partial charge in [-0.05, 0) is 13.8 Å². The molecule has 11 heteroatoms. The Kier molecular flexibility index (Phi) is 7.37. The van der Waals surface area contributed by atoms with E-state index in [-0.39, 0.29) is 12.7 Å². The highest BCUT2D eigenvalue weighted by atomic mass is 31.2. The van der Waals surface area contributed by atoms with Gasteiger partial charge in [0.05, 0.1) is 25.4 Å². The SMILES string of the molecule is CO[C@H]1C(O)[C@@H](COP(=O)(O)OC2[C@@H](CO)O[C@@H](C)[C@H]2OC)O[C@H]1C. The number of methoxy groups -OCH3 is 2. The molecule has 0 spiro atoms. The molecule has 148 valence electrons. The fourth-order valence-electron chi connectivity index (χ4n) is 3.25. The van der Waals surface area contributed by atoms with E-state index >= 15 is 0 Å². The van der Waals surface area contributed by atoms with Crippen LogP contribution >= 0.6 is 7.82 Å².